The Kier molecular flexibility index (Phi) is 3.49. The molecule has 19 heavy (non-hydrogen) atoms. The van der Waals surface area contributed by atoms with E-state index in [1.165, 1.54) is 6.07 Å². The van der Waals surface area contributed by atoms with E-state index in [2.05, 4.69) is 57.8 Å². The predicted molar refractivity (Wildman–Crippen MR) is 84.6 cm³/mol. The maximum atomic E-state index is 13.5. The van der Waals surface area contributed by atoms with Crippen LogP contribution < -0.4 is 0 Å². The summed E-state index contributed by atoms with van der Waals surface area (Å²) in [6, 6.07) is 8.95. The van der Waals surface area contributed by atoms with Gasteiger partial charge in [0.25, 0.3) is 0 Å². The molecule has 0 bridgehead atoms. The van der Waals surface area contributed by atoms with Crippen molar-refractivity contribution in [3.63, 3.8) is 0 Å². The number of aromatic nitrogens is 2. The van der Waals surface area contributed by atoms with Gasteiger partial charge in [-0.05, 0) is 40.2 Å². The van der Waals surface area contributed by atoms with E-state index in [1.807, 2.05) is 18.2 Å². The lowest BCUT2D eigenvalue weighted by Gasteiger charge is -1.99. The van der Waals surface area contributed by atoms with Gasteiger partial charge in [0.05, 0.1) is 15.5 Å². The van der Waals surface area contributed by atoms with Gasteiger partial charge in [-0.2, -0.15) is 0 Å². The number of aromatic amines is 1. The fourth-order valence-corrected chi connectivity index (χ4v) is 3.46. The van der Waals surface area contributed by atoms with Crippen molar-refractivity contribution in [3.05, 3.63) is 49.6 Å². The van der Waals surface area contributed by atoms with E-state index in [0.717, 1.165) is 20.0 Å². The molecule has 0 radical (unpaired) electrons. The average molecular weight is 449 g/mol. The van der Waals surface area contributed by atoms with Crippen LogP contribution in [0, 0.1) is 5.82 Å². The largest absolute Gasteiger partial charge is 0.338 e. The zero-order valence-electron chi connectivity index (χ0n) is 9.35. The quantitative estimate of drug-likeness (QED) is 0.511. The second kappa shape index (κ2) is 5.00. The summed E-state index contributed by atoms with van der Waals surface area (Å²) in [5.41, 5.74) is 2.32. The van der Waals surface area contributed by atoms with Crippen molar-refractivity contribution >= 4 is 58.8 Å². The van der Waals surface area contributed by atoms with Crippen molar-refractivity contribution in [2.75, 3.05) is 0 Å². The highest BCUT2D eigenvalue weighted by molar-refractivity contribution is 9.11. The first kappa shape index (κ1) is 13.3. The zero-order chi connectivity index (χ0) is 13.6. The number of fused-ring (bicyclic) bond motifs is 1. The summed E-state index contributed by atoms with van der Waals surface area (Å²) < 4.78 is 15.8. The summed E-state index contributed by atoms with van der Waals surface area (Å²) in [5, 5.41) is 0. The van der Waals surface area contributed by atoms with E-state index in [4.69, 9.17) is 0 Å². The number of nitrogens with zero attached hydrogens (tertiary/aromatic N) is 1. The van der Waals surface area contributed by atoms with Crippen LogP contribution in [0.4, 0.5) is 4.39 Å². The highest BCUT2D eigenvalue weighted by Crippen LogP contribution is 2.29. The van der Waals surface area contributed by atoms with E-state index in [-0.39, 0.29) is 5.82 Å². The Labute approximate surface area is 133 Å². The van der Waals surface area contributed by atoms with Crippen LogP contribution in [0.1, 0.15) is 0 Å². The van der Waals surface area contributed by atoms with Crippen molar-refractivity contribution < 1.29 is 4.39 Å². The van der Waals surface area contributed by atoms with Crippen molar-refractivity contribution in [1.29, 1.82) is 0 Å². The summed E-state index contributed by atoms with van der Waals surface area (Å²) in [4.78, 5) is 7.59. The van der Waals surface area contributed by atoms with Crippen molar-refractivity contribution in [1.82, 2.24) is 9.97 Å². The van der Waals surface area contributed by atoms with E-state index >= 15 is 0 Å². The maximum Gasteiger partial charge on any atom is 0.139 e. The van der Waals surface area contributed by atoms with Gasteiger partial charge in [-0.25, -0.2) is 9.37 Å². The summed E-state index contributed by atoms with van der Waals surface area (Å²) in [7, 11) is 0. The molecule has 0 unspecified atom stereocenters. The minimum Gasteiger partial charge on any atom is -0.338 e. The molecule has 3 rings (SSSR count). The molecule has 6 heteroatoms. The van der Waals surface area contributed by atoms with Crippen LogP contribution >= 0.6 is 47.8 Å². The van der Waals surface area contributed by atoms with Crippen molar-refractivity contribution in [2.24, 2.45) is 0 Å². The van der Waals surface area contributed by atoms with Crippen LogP contribution in [0.5, 0.6) is 0 Å². The minimum atomic E-state index is -0.307. The fourth-order valence-electron chi connectivity index (χ4n) is 1.83. The molecule has 2 nitrogen and oxygen atoms in total. The lowest BCUT2D eigenvalue weighted by Crippen LogP contribution is -1.80. The van der Waals surface area contributed by atoms with Crippen LogP contribution in [-0.4, -0.2) is 9.97 Å². The number of halogens is 4. The second-order valence-electron chi connectivity index (χ2n) is 4.03. The summed E-state index contributed by atoms with van der Waals surface area (Å²) in [6.45, 7) is 0. The minimum absolute atomic E-state index is 0.307. The van der Waals surface area contributed by atoms with Gasteiger partial charge in [0.1, 0.15) is 11.6 Å². The third-order valence-electron chi connectivity index (χ3n) is 2.66. The summed E-state index contributed by atoms with van der Waals surface area (Å²) >= 11 is 10.0. The third kappa shape index (κ3) is 2.61. The molecule has 0 fully saturated rings. The van der Waals surface area contributed by atoms with Crippen LogP contribution in [0.2, 0.25) is 0 Å². The molecule has 0 spiro atoms. The van der Waals surface area contributed by atoms with Crippen LogP contribution in [-0.2, 0) is 0 Å². The number of hydrogen-bond acceptors (Lipinski definition) is 1. The Morgan fingerprint density at radius 2 is 1.63 bits per heavy atom. The maximum absolute atomic E-state index is 13.5. The standard InChI is InChI=1S/C13H6Br3FN2/c14-7-1-6(2-8(15)3-7)13-18-11-4-9(16)10(17)5-12(11)19-13/h1-5H,(H,18,19). The molecule has 2 aromatic carbocycles. The molecule has 0 aliphatic carbocycles. The van der Waals surface area contributed by atoms with Gasteiger partial charge in [-0.15, -0.1) is 0 Å². The molecule has 1 aromatic heterocycles. The average Bonchev–Trinajstić information content (AvgIpc) is 2.71. The molecule has 0 saturated carbocycles. The first-order valence-electron chi connectivity index (χ1n) is 5.34. The van der Waals surface area contributed by atoms with Gasteiger partial charge >= 0.3 is 0 Å². The van der Waals surface area contributed by atoms with Crippen LogP contribution in [0.25, 0.3) is 22.4 Å². The van der Waals surface area contributed by atoms with Gasteiger partial charge in [-0.1, -0.05) is 31.9 Å². The summed E-state index contributed by atoms with van der Waals surface area (Å²) in [5.74, 6) is 0.396. The Morgan fingerprint density at radius 3 is 2.32 bits per heavy atom. The van der Waals surface area contributed by atoms with E-state index < -0.39 is 0 Å². The molecule has 0 atom stereocenters. The number of H-pyrrole nitrogens is 1. The summed E-state index contributed by atoms with van der Waals surface area (Å²) in [6.07, 6.45) is 0. The molecule has 0 saturated heterocycles. The van der Waals surface area contributed by atoms with Crippen molar-refractivity contribution in [2.45, 2.75) is 0 Å². The molecule has 0 amide bonds. The van der Waals surface area contributed by atoms with Crippen LogP contribution in [0.3, 0.4) is 0 Å². The van der Waals surface area contributed by atoms with Crippen molar-refractivity contribution in [3.8, 4) is 11.4 Å². The SMILES string of the molecule is Fc1cc2[nH]c(-c3cc(Br)cc(Br)c3)nc2cc1Br. The molecule has 1 N–H and O–H groups in total. The predicted octanol–water partition coefficient (Wildman–Crippen LogP) is 5.66. The van der Waals surface area contributed by atoms with Gasteiger partial charge in [-0.3, -0.25) is 0 Å². The molecule has 0 aliphatic heterocycles. The highest BCUT2D eigenvalue weighted by Gasteiger charge is 2.09. The number of nitrogens with one attached hydrogen (secondary N) is 1. The second-order valence-corrected chi connectivity index (χ2v) is 6.71. The number of rotatable bonds is 1. The highest BCUT2D eigenvalue weighted by atomic mass is 79.9. The molecule has 96 valence electrons. The number of benzene rings is 2. The molecule has 3 aromatic rings. The lowest BCUT2D eigenvalue weighted by molar-refractivity contribution is 0.623. The topological polar surface area (TPSA) is 28.7 Å². The number of imidazole rings is 1. The van der Waals surface area contributed by atoms with Crippen LogP contribution in [0.15, 0.2) is 43.7 Å². The van der Waals surface area contributed by atoms with Gasteiger partial charge in [0, 0.05) is 20.6 Å². The Morgan fingerprint density at radius 1 is 0.947 bits per heavy atom. The third-order valence-corrected chi connectivity index (χ3v) is 4.18. The Hall–Kier alpha value is -0.720. The Bertz CT molecular complexity index is 724. The van der Waals surface area contributed by atoms with Gasteiger partial charge in [0.2, 0.25) is 0 Å². The van der Waals surface area contributed by atoms with Gasteiger partial charge < -0.3 is 4.98 Å². The number of hydrogen-bond donors (Lipinski definition) is 1. The van der Waals surface area contributed by atoms with Gasteiger partial charge in [0.15, 0.2) is 0 Å². The Balaban J connectivity index is 2.20. The smallest absolute Gasteiger partial charge is 0.139 e. The lowest BCUT2D eigenvalue weighted by atomic mass is 10.2. The first-order chi connectivity index (χ1) is 9.02. The van der Waals surface area contributed by atoms with E-state index in [1.54, 1.807) is 6.07 Å². The first-order valence-corrected chi connectivity index (χ1v) is 7.72. The fraction of sp³-hybridized carbons (Fsp3) is 0. The molecule has 0 aliphatic rings. The zero-order valence-corrected chi connectivity index (χ0v) is 14.1. The molecular formula is C13H6Br3FN2. The van der Waals surface area contributed by atoms with E-state index in [9.17, 15) is 4.39 Å². The molecule has 1 heterocycles. The normalized spacial score (nSPS) is 11.2. The van der Waals surface area contributed by atoms with E-state index in [0.29, 0.717) is 15.8 Å². The monoisotopic (exact) mass is 446 g/mol. The molecular weight excluding hydrogens is 443 g/mol.